The van der Waals surface area contributed by atoms with Crippen LogP contribution >= 0.6 is 23.8 Å². The number of benzene rings is 2. The summed E-state index contributed by atoms with van der Waals surface area (Å²) in [6.45, 7) is 0. The van der Waals surface area contributed by atoms with Crippen molar-refractivity contribution in [2.45, 2.75) is 12.5 Å². The highest BCUT2D eigenvalue weighted by atomic mass is 35.5. The molecule has 4 nitrogen and oxygen atoms in total. The summed E-state index contributed by atoms with van der Waals surface area (Å²) in [5.41, 5.74) is 3.04. The smallest absolute Gasteiger partial charge is 0.189 e. The van der Waals surface area contributed by atoms with Gasteiger partial charge in [0.05, 0.1) is 18.9 Å². The fourth-order valence-corrected chi connectivity index (χ4v) is 3.19. The summed E-state index contributed by atoms with van der Waals surface area (Å²) in [5, 5.41) is 10.9. The molecule has 6 heteroatoms. The van der Waals surface area contributed by atoms with Crippen molar-refractivity contribution in [2.75, 3.05) is 14.2 Å². The van der Waals surface area contributed by atoms with Crippen LogP contribution in [0, 0.1) is 0 Å². The van der Waals surface area contributed by atoms with E-state index in [2.05, 4.69) is 5.32 Å². The Labute approximate surface area is 152 Å². The highest BCUT2D eigenvalue weighted by Gasteiger charge is 2.32. The summed E-state index contributed by atoms with van der Waals surface area (Å²) in [6.07, 6.45) is 0.734. The molecule has 0 fully saturated rings. The maximum Gasteiger partial charge on any atom is 0.189 e. The number of nitrogens with zero attached hydrogens (tertiary/aromatic N) is 2. The van der Waals surface area contributed by atoms with E-state index < -0.39 is 0 Å². The lowest BCUT2D eigenvalue weighted by Crippen LogP contribution is -2.34. The van der Waals surface area contributed by atoms with Gasteiger partial charge in [-0.3, -0.25) is 0 Å². The van der Waals surface area contributed by atoms with Crippen LogP contribution in [0.2, 0.25) is 5.02 Å². The average molecular weight is 360 g/mol. The first-order valence-corrected chi connectivity index (χ1v) is 8.40. The normalized spacial score (nSPS) is 16.7. The fourth-order valence-electron chi connectivity index (χ4n) is 2.76. The van der Waals surface area contributed by atoms with E-state index in [1.807, 2.05) is 53.5 Å². The summed E-state index contributed by atoms with van der Waals surface area (Å²) in [7, 11) is 3.45. The molecule has 0 saturated heterocycles. The van der Waals surface area contributed by atoms with Crippen molar-refractivity contribution in [3.8, 4) is 5.75 Å². The van der Waals surface area contributed by atoms with Gasteiger partial charge in [0.1, 0.15) is 5.75 Å². The standard InChI is InChI=1S/C18H18ClN3OS/c1-20-18(24)22-17(14-5-3-4-6-15(14)19)11-16(21-22)12-7-9-13(23-2)10-8-12/h3-10,17H,11H2,1-2H3,(H,20,24)/t17-/m0/s1. The molecule has 2 aromatic rings. The molecule has 0 amide bonds. The molecule has 24 heavy (non-hydrogen) atoms. The molecule has 1 aliphatic rings. The highest BCUT2D eigenvalue weighted by molar-refractivity contribution is 7.80. The molecule has 0 aliphatic carbocycles. The average Bonchev–Trinajstić information content (AvgIpc) is 3.06. The van der Waals surface area contributed by atoms with Gasteiger partial charge in [-0.2, -0.15) is 5.10 Å². The van der Waals surface area contributed by atoms with Gasteiger partial charge >= 0.3 is 0 Å². The molecule has 0 saturated carbocycles. The number of hydrazone groups is 1. The van der Waals surface area contributed by atoms with Gasteiger partial charge in [0.2, 0.25) is 0 Å². The van der Waals surface area contributed by atoms with Crippen LogP contribution in [0.4, 0.5) is 0 Å². The Hall–Kier alpha value is -2.11. The van der Waals surface area contributed by atoms with Gasteiger partial charge in [-0.25, -0.2) is 5.01 Å². The van der Waals surface area contributed by atoms with Crippen LogP contribution in [0.15, 0.2) is 53.6 Å². The number of halogens is 1. The maximum atomic E-state index is 6.39. The molecular weight excluding hydrogens is 342 g/mol. The van der Waals surface area contributed by atoms with Gasteiger partial charge in [0.25, 0.3) is 0 Å². The number of nitrogens with one attached hydrogen (secondary N) is 1. The number of rotatable bonds is 3. The fraction of sp³-hybridized carbons (Fsp3) is 0.222. The summed E-state index contributed by atoms with van der Waals surface area (Å²) >= 11 is 11.8. The van der Waals surface area contributed by atoms with Crippen LogP contribution < -0.4 is 10.1 Å². The van der Waals surface area contributed by atoms with E-state index in [1.165, 1.54) is 0 Å². The number of ether oxygens (including phenoxy) is 1. The Morgan fingerprint density at radius 1 is 1.25 bits per heavy atom. The second kappa shape index (κ2) is 7.20. The van der Waals surface area contributed by atoms with Crippen molar-refractivity contribution in [3.63, 3.8) is 0 Å². The van der Waals surface area contributed by atoms with E-state index in [-0.39, 0.29) is 6.04 Å². The number of hydrogen-bond donors (Lipinski definition) is 1. The van der Waals surface area contributed by atoms with E-state index in [9.17, 15) is 0 Å². The molecule has 1 heterocycles. The third kappa shape index (κ3) is 3.23. The molecule has 3 rings (SSSR count). The molecule has 0 unspecified atom stereocenters. The zero-order valence-electron chi connectivity index (χ0n) is 13.5. The van der Waals surface area contributed by atoms with Gasteiger partial charge in [-0.15, -0.1) is 0 Å². The predicted molar refractivity (Wildman–Crippen MR) is 102 cm³/mol. The van der Waals surface area contributed by atoms with Crippen LogP contribution in [-0.2, 0) is 0 Å². The molecule has 0 aromatic heterocycles. The molecule has 1 N–H and O–H groups in total. The van der Waals surface area contributed by atoms with E-state index in [0.29, 0.717) is 5.11 Å². The number of hydrogen-bond acceptors (Lipinski definition) is 3. The minimum absolute atomic E-state index is 0.0178. The lowest BCUT2D eigenvalue weighted by atomic mass is 9.98. The third-order valence-electron chi connectivity index (χ3n) is 4.02. The minimum Gasteiger partial charge on any atom is -0.497 e. The highest BCUT2D eigenvalue weighted by Crippen LogP contribution is 2.36. The van der Waals surface area contributed by atoms with Gasteiger partial charge in [0.15, 0.2) is 5.11 Å². The van der Waals surface area contributed by atoms with Crippen LogP contribution in [-0.4, -0.2) is 30.0 Å². The van der Waals surface area contributed by atoms with E-state index in [1.54, 1.807) is 14.2 Å². The largest absolute Gasteiger partial charge is 0.497 e. The Kier molecular flexibility index (Phi) is 5.02. The Bertz CT molecular complexity index is 776. The number of methoxy groups -OCH3 is 1. The van der Waals surface area contributed by atoms with Crippen LogP contribution in [0.1, 0.15) is 23.6 Å². The topological polar surface area (TPSA) is 36.9 Å². The summed E-state index contributed by atoms with van der Waals surface area (Å²) in [4.78, 5) is 0. The van der Waals surface area contributed by atoms with Crippen molar-refractivity contribution >= 4 is 34.6 Å². The van der Waals surface area contributed by atoms with E-state index >= 15 is 0 Å². The Morgan fingerprint density at radius 2 is 1.96 bits per heavy atom. The first-order valence-electron chi connectivity index (χ1n) is 7.61. The molecule has 2 aromatic carbocycles. The van der Waals surface area contributed by atoms with Crippen molar-refractivity contribution in [2.24, 2.45) is 5.10 Å². The quantitative estimate of drug-likeness (QED) is 0.840. The molecule has 1 atom stereocenters. The lowest BCUT2D eigenvalue weighted by Gasteiger charge is -2.24. The zero-order chi connectivity index (χ0) is 17.1. The molecular formula is C18H18ClN3OS. The van der Waals surface area contributed by atoms with E-state index in [4.69, 9.17) is 33.7 Å². The van der Waals surface area contributed by atoms with Crippen molar-refractivity contribution in [3.05, 3.63) is 64.7 Å². The van der Waals surface area contributed by atoms with Crippen molar-refractivity contribution in [1.29, 1.82) is 0 Å². The van der Waals surface area contributed by atoms with Crippen LogP contribution in [0.3, 0.4) is 0 Å². The first-order chi connectivity index (χ1) is 11.6. The van der Waals surface area contributed by atoms with Gasteiger partial charge in [-0.05, 0) is 53.7 Å². The maximum absolute atomic E-state index is 6.39. The summed E-state index contributed by atoms with van der Waals surface area (Å²) in [6, 6.07) is 15.7. The minimum atomic E-state index is -0.0178. The monoisotopic (exact) mass is 359 g/mol. The van der Waals surface area contributed by atoms with E-state index in [0.717, 1.165) is 34.0 Å². The third-order valence-corrected chi connectivity index (χ3v) is 4.76. The summed E-state index contributed by atoms with van der Waals surface area (Å²) < 4.78 is 5.22. The molecule has 0 bridgehead atoms. The first kappa shape index (κ1) is 16.7. The SMILES string of the molecule is CNC(=S)N1N=C(c2ccc(OC)cc2)C[C@H]1c1ccccc1Cl. The van der Waals surface area contributed by atoms with Gasteiger partial charge in [-0.1, -0.05) is 29.8 Å². The van der Waals surface area contributed by atoms with Crippen molar-refractivity contribution < 1.29 is 4.74 Å². The van der Waals surface area contributed by atoms with Gasteiger partial charge in [0, 0.05) is 18.5 Å². The Balaban J connectivity index is 1.95. The molecule has 1 aliphatic heterocycles. The van der Waals surface area contributed by atoms with Crippen LogP contribution in [0.25, 0.3) is 0 Å². The number of thiocarbonyl (C=S) groups is 1. The Morgan fingerprint density at radius 3 is 2.58 bits per heavy atom. The van der Waals surface area contributed by atoms with Crippen molar-refractivity contribution in [1.82, 2.24) is 10.3 Å². The lowest BCUT2D eigenvalue weighted by molar-refractivity contribution is 0.367. The molecule has 0 spiro atoms. The molecule has 124 valence electrons. The zero-order valence-corrected chi connectivity index (χ0v) is 15.1. The predicted octanol–water partition coefficient (Wildman–Crippen LogP) is 4.00. The molecule has 0 radical (unpaired) electrons. The second-order valence-electron chi connectivity index (χ2n) is 5.42. The van der Waals surface area contributed by atoms with Gasteiger partial charge < -0.3 is 10.1 Å². The second-order valence-corrected chi connectivity index (χ2v) is 6.21. The van der Waals surface area contributed by atoms with Crippen LogP contribution in [0.5, 0.6) is 5.75 Å². The summed E-state index contributed by atoms with van der Waals surface area (Å²) in [5.74, 6) is 0.822.